The Balaban J connectivity index is 2.44. The maximum Gasteiger partial charge on any atom is 0.230 e. The second-order valence-corrected chi connectivity index (χ2v) is 4.44. The van der Waals surface area contributed by atoms with Gasteiger partial charge in [-0.15, -0.1) is 0 Å². The summed E-state index contributed by atoms with van der Waals surface area (Å²) >= 11 is 0. The molecule has 0 spiro atoms. The molecule has 0 saturated carbocycles. The maximum atomic E-state index is 11.9. The summed E-state index contributed by atoms with van der Waals surface area (Å²) in [6.45, 7) is 4.95. The largest absolute Gasteiger partial charge is 0.409 e. The quantitative estimate of drug-likeness (QED) is 0.289. The second-order valence-electron chi connectivity index (χ2n) is 4.44. The van der Waals surface area contributed by atoms with E-state index in [-0.39, 0.29) is 11.7 Å². The average Bonchev–Trinajstić information content (AvgIpc) is 2.80. The molecular weight excluding hydrogens is 246 g/mol. The predicted octanol–water partition coefficient (Wildman–Crippen LogP) is 0.470. The van der Waals surface area contributed by atoms with Crippen molar-refractivity contribution in [3.05, 3.63) is 18.0 Å². The summed E-state index contributed by atoms with van der Waals surface area (Å²) in [4.78, 5) is 11.9. The molecule has 0 bridgehead atoms. The number of aromatic nitrogens is 2. The Morgan fingerprint density at radius 3 is 2.95 bits per heavy atom. The van der Waals surface area contributed by atoms with Crippen LogP contribution in [0.3, 0.4) is 0 Å². The topological polar surface area (TPSA) is 106 Å². The molecule has 19 heavy (non-hydrogen) atoms. The number of amidine groups is 1. The van der Waals surface area contributed by atoms with Crippen molar-refractivity contribution in [2.75, 3.05) is 6.54 Å². The number of rotatable bonds is 7. The lowest BCUT2D eigenvalue weighted by Gasteiger charge is -2.14. The van der Waals surface area contributed by atoms with Crippen LogP contribution in [0, 0.1) is 12.8 Å². The predicted molar refractivity (Wildman–Crippen MR) is 71.8 cm³/mol. The Kier molecular flexibility index (Phi) is 5.84. The summed E-state index contributed by atoms with van der Waals surface area (Å²) in [5, 5.41) is 18.5. The Morgan fingerprint density at radius 1 is 1.68 bits per heavy atom. The summed E-state index contributed by atoms with van der Waals surface area (Å²) < 4.78 is 1.76. The van der Waals surface area contributed by atoms with Crippen LogP contribution >= 0.6 is 0 Å². The van der Waals surface area contributed by atoms with Crippen molar-refractivity contribution in [3.8, 4) is 0 Å². The molecule has 0 aliphatic heterocycles. The lowest BCUT2D eigenvalue weighted by atomic mass is 10.0. The summed E-state index contributed by atoms with van der Waals surface area (Å²) in [6, 6.07) is 0. The van der Waals surface area contributed by atoms with Crippen molar-refractivity contribution < 1.29 is 10.0 Å². The van der Waals surface area contributed by atoms with Gasteiger partial charge in [0.25, 0.3) is 0 Å². The van der Waals surface area contributed by atoms with Crippen molar-refractivity contribution in [1.82, 2.24) is 15.1 Å². The average molecular weight is 267 g/mol. The molecule has 0 fully saturated rings. The number of oxime groups is 1. The van der Waals surface area contributed by atoms with E-state index in [0.717, 1.165) is 12.0 Å². The molecular formula is C12H21N5O2. The third-order valence-corrected chi connectivity index (χ3v) is 2.77. The third kappa shape index (κ3) is 4.61. The van der Waals surface area contributed by atoms with Crippen LogP contribution in [-0.2, 0) is 11.3 Å². The van der Waals surface area contributed by atoms with E-state index in [1.54, 1.807) is 10.9 Å². The molecule has 1 unspecified atom stereocenters. The minimum absolute atomic E-state index is 0.0470. The van der Waals surface area contributed by atoms with E-state index >= 15 is 0 Å². The monoisotopic (exact) mass is 267 g/mol. The van der Waals surface area contributed by atoms with E-state index in [9.17, 15) is 4.79 Å². The van der Waals surface area contributed by atoms with Crippen LogP contribution in [0.5, 0.6) is 0 Å². The van der Waals surface area contributed by atoms with Crippen LogP contribution in [0.2, 0.25) is 0 Å². The molecule has 1 atom stereocenters. The van der Waals surface area contributed by atoms with Gasteiger partial charge in [-0.3, -0.25) is 9.48 Å². The number of nitrogens with zero attached hydrogens (tertiary/aromatic N) is 3. The normalized spacial score (nSPS) is 13.3. The molecule has 0 aromatic carbocycles. The zero-order chi connectivity index (χ0) is 14.3. The molecule has 106 valence electrons. The van der Waals surface area contributed by atoms with Gasteiger partial charge >= 0.3 is 0 Å². The van der Waals surface area contributed by atoms with Gasteiger partial charge in [0.1, 0.15) is 0 Å². The van der Waals surface area contributed by atoms with Crippen LogP contribution in [0.4, 0.5) is 0 Å². The fourth-order valence-corrected chi connectivity index (χ4v) is 1.78. The first kappa shape index (κ1) is 15.0. The fourth-order valence-electron chi connectivity index (χ4n) is 1.78. The van der Waals surface area contributed by atoms with Gasteiger partial charge in [0.15, 0.2) is 5.84 Å². The zero-order valence-corrected chi connectivity index (χ0v) is 11.3. The van der Waals surface area contributed by atoms with Crippen molar-refractivity contribution in [1.29, 1.82) is 0 Å². The standard InChI is InChI=1S/C12H21N5O2/c1-3-4-10(11(13)16-19)12(18)14-5-6-17-8-9(2)7-15-17/h7-8,10,19H,3-6H2,1-2H3,(H2,13,16)(H,14,18). The van der Waals surface area contributed by atoms with Crippen molar-refractivity contribution in [2.45, 2.75) is 33.2 Å². The molecule has 4 N–H and O–H groups in total. The zero-order valence-electron chi connectivity index (χ0n) is 11.3. The Bertz CT molecular complexity index is 441. The molecule has 1 heterocycles. The summed E-state index contributed by atoms with van der Waals surface area (Å²) in [7, 11) is 0. The van der Waals surface area contributed by atoms with Crippen molar-refractivity contribution >= 4 is 11.7 Å². The van der Waals surface area contributed by atoms with Crippen LogP contribution in [0.25, 0.3) is 0 Å². The summed E-state index contributed by atoms with van der Waals surface area (Å²) in [6.07, 6.45) is 5.01. The highest BCUT2D eigenvalue weighted by Gasteiger charge is 2.21. The molecule has 7 heteroatoms. The van der Waals surface area contributed by atoms with Gasteiger partial charge < -0.3 is 16.3 Å². The number of hydrogen-bond donors (Lipinski definition) is 3. The smallest absolute Gasteiger partial charge is 0.230 e. The van der Waals surface area contributed by atoms with Gasteiger partial charge in [-0.1, -0.05) is 18.5 Å². The Hall–Kier alpha value is -2.05. The highest BCUT2D eigenvalue weighted by Crippen LogP contribution is 2.06. The molecule has 1 aromatic heterocycles. The van der Waals surface area contributed by atoms with E-state index < -0.39 is 5.92 Å². The van der Waals surface area contributed by atoms with E-state index in [0.29, 0.717) is 19.5 Å². The molecule has 1 aromatic rings. The molecule has 0 saturated heterocycles. The highest BCUT2D eigenvalue weighted by atomic mass is 16.4. The number of hydrogen-bond acceptors (Lipinski definition) is 4. The van der Waals surface area contributed by atoms with Crippen molar-refractivity contribution in [3.63, 3.8) is 0 Å². The van der Waals surface area contributed by atoms with E-state index in [2.05, 4.69) is 15.6 Å². The van der Waals surface area contributed by atoms with Gasteiger partial charge in [0.2, 0.25) is 5.91 Å². The van der Waals surface area contributed by atoms with Crippen LogP contribution in [0.1, 0.15) is 25.3 Å². The van der Waals surface area contributed by atoms with E-state index in [1.807, 2.05) is 20.0 Å². The van der Waals surface area contributed by atoms with Gasteiger partial charge in [0, 0.05) is 12.7 Å². The second kappa shape index (κ2) is 7.40. The molecule has 1 rings (SSSR count). The number of carbonyl (C=O) groups is 1. The van der Waals surface area contributed by atoms with Gasteiger partial charge in [0.05, 0.1) is 18.7 Å². The number of amides is 1. The number of carbonyl (C=O) groups excluding carboxylic acids is 1. The SMILES string of the molecule is CCCC(C(=O)NCCn1cc(C)cn1)/C(N)=N/O. The van der Waals surface area contributed by atoms with Crippen LogP contribution in [-0.4, -0.2) is 33.3 Å². The van der Waals surface area contributed by atoms with Gasteiger partial charge in [-0.25, -0.2) is 0 Å². The van der Waals surface area contributed by atoms with Crippen molar-refractivity contribution in [2.24, 2.45) is 16.8 Å². The minimum atomic E-state index is -0.575. The Morgan fingerprint density at radius 2 is 2.42 bits per heavy atom. The molecule has 0 radical (unpaired) electrons. The molecule has 1 amide bonds. The fraction of sp³-hybridized carbons (Fsp3) is 0.583. The first-order chi connectivity index (χ1) is 9.08. The third-order valence-electron chi connectivity index (χ3n) is 2.77. The number of nitrogens with one attached hydrogen (secondary N) is 1. The molecule has 0 aliphatic carbocycles. The lowest BCUT2D eigenvalue weighted by Crippen LogP contribution is -2.40. The first-order valence-electron chi connectivity index (χ1n) is 6.32. The van der Waals surface area contributed by atoms with Crippen LogP contribution < -0.4 is 11.1 Å². The van der Waals surface area contributed by atoms with E-state index in [4.69, 9.17) is 10.9 Å². The molecule has 0 aliphatic rings. The van der Waals surface area contributed by atoms with Gasteiger partial charge in [-0.2, -0.15) is 5.10 Å². The highest BCUT2D eigenvalue weighted by molar-refractivity contribution is 6.01. The number of aryl methyl sites for hydroxylation is 1. The van der Waals surface area contributed by atoms with Crippen LogP contribution in [0.15, 0.2) is 17.5 Å². The molecule has 7 nitrogen and oxygen atoms in total. The minimum Gasteiger partial charge on any atom is -0.409 e. The number of nitrogens with two attached hydrogens (primary N) is 1. The van der Waals surface area contributed by atoms with Gasteiger partial charge in [-0.05, 0) is 18.9 Å². The lowest BCUT2D eigenvalue weighted by molar-refractivity contribution is -0.123. The maximum absolute atomic E-state index is 11.9. The summed E-state index contributed by atoms with van der Waals surface area (Å²) in [5.74, 6) is -0.843. The van der Waals surface area contributed by atoms with E-state index in [1.165, 1.54) is 0 Å². The first-order valence-corrected chi connectivity index (χ1v) is 6.32. The summed E-state index contributed by atoms with van der Waals surface area (Å²) in [5.41, 5.74) is 6.59. The Labute approximate surface area is 112 Å².